The smallest absolute Gasteiger partial charge is 0.257 e. The second-order valence-electron chi connectivity index (χ2n) is 5.42. The van der Waals surface area contributed by atoms with Crippen molar-refractivity contribution in [1.82, 2.24) is 14.9 Å². The van der Waals surface area contributed by atoms with Gasteiger partial charge in [0.25, 0.3) is 5.91 Å². The number of aryl methyl sites for hydroxylation is 1. The molecule has 1 fully saturated rings. The number of piperidine rings is 1. The average molecular weight is 277 g/mol. The zero-order valence-electron chi connectivity index (χ0n) is 12.3. The molecule has 2 rings (SSSR count). The van der Waals surface area contributed by atoms with Crippen molar-refractivity contribution in [3.8, 4) is 0 Å². The quantitative estimate of drug-likeness (QED) is 0.773. The van der Waals surface area contributed by atoms with Crippen molar-refractivity contribution in [3.05, 3.63) is 23.8 Å². The minimum Gasteiger partial charge on any atom is -0.385 e. The number of rotatable bonds is 5. The van der Waals surface area contributed by atoms with Gasteiger partial charge in [0.15, 0.2) is 0 Å². The highest BCUT2D eigenvalue weighted by molar-refractivity contribution is 5.94. The number of carbonyl (C=O) groups is 1. The Morgan fingerprint density at radius 1 is 1.55 bits per heavy atom. The van der Waals surface area contributed by atoms with Gasteiger partial charge in [-0.1, -0.05) is 0 Å². The summed E-state index contributed by atoms with van der Waals surface area (Å²) in [5.74, 6) is 0.660. The van der Waals surface area contributed by atoms with E-state index in [9.17, 15) is 4.79 Å². The lowest BCUT2D eigenvalue weighted by Crippen LogP contribution is -2.40. The molecule has 1 saturated heterocycles. The first-order valence-electron chi connectivity index (χ1n) is 7.27. The highest BCUT2D eigenvalue weighted by Crippen LogP contribution is 2.22. The molecule has 0 N–H and O–H groups in total. The first-order valence-corrected chi connectivity index (χ1v) is 7.27. The molecule has 5 nitrogen and oxygen atoms in total. The first kappa shape index (κ1) is 14.9. The van der Waals surface area contributed by atoms with E-state index in [1.165, 1.54) is 12.7 Å². The summed E-state index contributed by atoms with van der Waals surface area (Å²) in [7, 11) is 1.73. The summed E-state index contributed by atoms with van der Waals surface area (Å²) in [6.07, 6.45) is 7.58. The molecule has 0 spiro atoms. The second-order valence-corrected chi connectivity index (χ2v) is 5.42. The van der Waals surface area contributed by atoms with Gasteiger partial charge in [-0.15, -0.1) is 0 Å². The molecule has 5 heteroatoms. The Labute approximate surface area is 120 Å². The highest BCUT2D eigenvalue weighted by atomic mass is 16.5. The third-order valence-electron chi connectivity index (χ3n) is 3.91. The topological polar surface area (TPSA) is 55.3 Å². The van der Waals surface area contributed by atoms with Crippen LogP contribution < -0.4 is 0 Å². The molecule has 1 aliphatic rings. The molecule has 1 aliphatic heterocycles. The molecule has 1 aromatic rings. The zero-order chi connectivity index (χ0) is 14.4. The van der Waals surface area contributed by atoms with E-state index >= 15 is 0 Å². The predicted molar refractivity (Wildman–Crippen MR) is 76.5 cm³/mol. The van der Waals surface area contributed by atoms with Crippen LogP contribution in [0.1, 0.15) is 41.7 Å². The van der Waals surface area contributed by atoms with Crippen LogP contribution >= 0.6 is 0 Å². The fourth-order valence-corrected chi connectivity index (χ4v) is 2.77. The molecule has 0 bridgehead atoms. The molecule has 1 atom stereocenters. The lowest BCUT2D eigenvalue weighted by Gasteiger charge is -2.33. The van der Waals surface area contributed by atoms with Gasteiger partial charge >= 0.3 is 0 Å². The number of ether oxygens (including phenoxy) is 1. The molecule has 2 heterocycles. The van der Waals surface area contributed by atoms with Crippen LogP contribution in [0, 0.1) is 12.8 Å². The van der Waals surface area contributed by atoms with Crippen LogP contribution in [-0.2, 0) is 4.74 Å². The minimum atomic E-state index is 0.0690. The van der Waals surface area contributed by atoms with E-state index in [0.29, 0.717) is 11.5 Å². The molecule has 0 saturated carbocycles. The SMILES string of the molecule is COCCC[C@H]1CCCN(C(=O)c2cncnc2C)C1. The third kappa shape index (κ3) is 3.76. The Hall–Kier alpha value is -1.49. The first-order chi connectivity index (χ1) is 9.72. The number of hydrogen-bond acceptors (Lipinski definition) is 4. The van der Waals surface area contributed by atoms with E-state index in [4.69, 9.17) is 4.74 Å². The number of aromatic nitrogens is 2. The van der Waals surface area contributed by atoms with Gasteiger partial charge in [-0.05, 0) is 38.5 Å². The number of nitrogens with zero attached hydrogens (tertiary/aromatic N) is 3. The molecule has 1 aromatic heterocycles. The van der Waals surface area contributed by atoms with Gasteiger partial charge in [-0.2, -0.15) is 0 Å². The molecule has 0 aromatic carbocycles. The molecular formula is C15H23N3O2. The summed E-state index contributed by atoms with van der Waals surface area (Å²) in [6.45, 7) is 4.34. The number of hydrogen-bond donors (Lipinski definition) is 0. The summed E-state index contributed by atoms with van der Waals surface area (Å²) in [4.78, 5) is 22.5. The van der Waals surface area contributed by atoms with E-state index in [1.807, 2.05) is 11.8 Å². The lowest BCUT2D eigenvalue weighted by atomic mass is 9.93. The summed E-state index contributed by atoms with van der Waals surface area (Å²) in [6, 6.07) is 0. The van der Waals surface area contributed by atoms with Crippen molar-refractivity contribution < 1.29 is 9.53 Å². The van der Waals surface area contributed by atoms with E-state index in [-0.39, 0.29) is 5.91 Å². The van der Waals surface area contributed by atoms with E-state index in [2.05, 4.69) is 9.97 Å². The maximum absolute atomic E-state index is 12.5. The Morgan fingerprint density at radius 3 is 3.15 bits per heavy atom. The van der Waals surface area contributed by atoms with E-state index < -0.39 is 0 Å². The molecular weight excluding hydrogens is 254 g/mol. The zero-order valence-corrected chi connectivity index (χ0v) is 12.3. The molecule has 0 radical (unpaired) electrons. The highest BCUT2D eigenvalue weighted by Gasteiger charge is 2.25. The monoisotopic (exact) mass is 277 g/mol. The van der Waals surface area contributed by atoms with Crippen LogP contribution in [-0.4, -0.2) is 47.6 Å². The summed E-state index contributed by atoms with van der Waals surface area (Å²) in [5.41, 5.74) is 1.39. The Balaban J connectivity index is 1.95. The van der Waals surface area contributed by atoms with Crippen molar-refractivity contribution >= 4 is 5.91 Å². The minimum absolute atomic E-state index is 0.0690. The summed E-state index contributed by atoms with van der Waals surface area (Å²) in [5, 5.41) is 0. The number of methoxy groups -OCH3 is 1. The fraction of sp³-hybridized carbons (Fsp3) is 0.667. The van der Waals surface area contributed by atoms with Gasteiger partial charge in [0.1, 0.15) is 6.33 Å². The van der Waals surface area contributed by atoms with Gasteiger partial charge in [0.2, 0.25) is 0 Å². The van der Waals surface area contributed by atoms with Gasteiger partial charge in [0.05, 0.1) is 11.3 Å². The van der Waals surface area contributed by atoms with Crippen molar-refractivity contribution in [2.45, 2.75) is 32.6 Å². The fourth-order valence-electron chi connectivity index (χ4n) is 2.77. The van der Waals surface area contributed by atoms with Gasteiger partial charge in [0, 0.05) is 33.0 Å². The van der Waals surface area contributed by atoms with Crippen LogP contribution in [0.5, 0.6) is 0 Å². The average Bonchev–Trinajstić information content (AvgIpc) is 2.48. The maximum Gasteiger partial charge on any atom is 0.257 e. The van der Waals surface area contributed by atoms with E-state index in [0.717, 1.165) is 44.7 Å². The van der Waals surface area contributed by atoms with Crippen LogP contribution in [0.4, 0.5) is 0 Å². The van der Waals surface area contributed by atoms with Crippen molar-refractivity contribution in [3.63, 3.8) is 0 Å². The normalized spacial score (nSPS) is 19.1. The number of carbonyl (C=O) groups excluding carboxylic acids is 1. The molecule has 0 unspecified atom stereocenters. The number of likely N-dealkylation sites (tertiary alicyclic amines) is 1. The second kappa shape index (κ2) is 7.33. The van der Waals surface area contributed by atoms with Crippen LogP contribution in [0.25, 0.3) is 0 Å². The molecule has 1 amide bonds. The Bertz CT molecular complexity index is 450. The molecule has 20 heavy (non-hydrogen) atoms. The van der Waals surface area contributed by atoms with E-state index in [1.54, 1.807) is 13.3 Å². The van der Waals surface area contributed by atoms with Crippen molar-refractivity contribution in [1.29, 1.82) is 0 Å². The van der Waals surface area contributed by atoms with Crippen LogP contribution in [0.2, 0.25) is 0 Å². The predicted octanol–water partition coefficient (Wildman–Crippen LogP) is 2.06. The Kier molecular flexibility index (Phi) is 5.47. The largest absolute Gasteiger partial charge is 0.385 e. The van der Waals surface area contributed by atoms with Crippen LogP contribution in [0.15, 0.2) is 12.5 Å². The van der Waals surface area contributed by atoms with Crippen molar-refractivity contribution in [2.24, 2.45) is 5.92 Å². The van der Waals surface area contributed by atoms with Gasteiger partial charge in [-0.25, -0.2) is 9.97 Å². The maximum atomic E-state index is 12.5. The summed E-state index contributed by atoms with van der Waals surface area (Å²) < 4.78 is 5.10. The molecule has 110 valence electrons. The summed E-state index contributed by atoms with van der Waals surface area (Å²) >= 11 is 0. The van der Waals surface area contributed by atoms with Crippen LogP contribution in [0.3, 0.4) is 0 Å². The molecule has 0 aliphatic carbocycles. The van der Waals surface area contributed by atoms with Gasteiger partial charge in [-0.3, -0.25) is 4.79 Å². The standard InChI is InChI=1S/C15H23N3O2/c1-12-14(9-16-11-17-12)15(19)18-7-3-5-13(10-18)6-4-8-20-2/h9,11,13H,3-8,10H2,1-2H3/t13-/m1/s1. The third-order valence-corrected chi connectivity index (χ3v) is 3.91. The van der Waals surface area contributed by atoms with Crippen molar-refractivity contribution in [2.75, 3.05) is 26.8 Å². The van der Waals surface area contributed by atoms with Gasteiger partial charge < -0.3 is 9.64 Å². The Morgan fingerprint density at radius 2 is 2.40 bits per heavy atom. The lowest BCUT2D eigenvalue weighted by molar-refractivity contribution is 0.0659. The number of amides is 1.